The van der Waals surface area contributed by atoms with Crippen LogP contribution in [0.3, 0.4) is 0 Å². The summed E-state index contributed by atoms with van der Waals surface area (Å²) in [5.41, 5.74) is 3.60. The zero-order valence-corrected chi connectivity index (χ0v) is 22.1. The number of allylic oxidation sites excluding steroid dienone is 4. The summed E-state index contributed by atoms with van der Waals surface area (Å²) in [7, 11) is -1.50. The summed E-state index contributed by atoms with van der Waals surface area (Å²) >= 11 is 0. The maximum absolute atomic E-state index is 13.5. The molecule has 1 atom stereocenters. The van der Waals surface area contributed by atoms with Crippen molar-refractivity contribution in [3.63, 3.8) is 0 Å². The highest BCUT2D eigenvalue weighted by Gasteiger charge is 2.27. The molecule has 2 heterocycles. The van der Waals surface area contributed by atoms with E-state index >= 15 is 0 Å². The van der Waals surface area contributed by atoms with Gasteiger partial charge in [0.25, 0.3) is 11.8 Å². The second-order valence-corrected chi connectivity index (χ2v) is 9.59. The fourth-order valence-electron chi connectivity index (χ4n) is 3.66. The van der Waals surface area contributed by atoms with E-state index in [0.717, 1.165) is 16.0 Å². The van der Waals surface area contributed by atoms with Crippen molar-refractivity contribution in [3.8, 4) is 5.75 Å². The number of ether oxygens (including phenoxy) is 1. The minimum atomic E-state index is -1.50. The predicted molar refractivity (Wildman–Crippen MR) is 147 cm³/mol. The number of aromatic nitrogens is 1. The summed E-state index contributed by atoms with van der Waals surface area (Å²) in [5.74, 6) is -0.320. The molecule has 1 unspecified atom stereocenters. The number of rotatable bonds is 8. The molecule has 2 amide bonds. The Bertz CT molecular complexity index is 1380. The van der Waals surface area contributed by atoms with Crippen LogP contribution in [0.4, 0.5) is 0 Å². The molecule has 0 bridgehead atoms. The van der Waals surface area contributed by atoms with Crippen molar-refractivity contribution in [1.82, 2.24) is 9.29 Å². The molecule has 0 aliphatic carbocycles. The molecule has 36 heavy (non-hydrogen) atoms. The third-order valence-electron chi connectivity index (χ3n) is 5.39. The van der Waals surface area contributed by atoms with E-state index in [0.29, 0.717) is 35.2 Å². The van der Waals surface area contributed by atoms with Gasteiger partial charge in [0.05, 0.1) is 11.1 Å². The van der Waals surface area contributed by atoms with Crippen molar-refractivity contribution in [2.45, 2.75) is 47.6 Å². The molecule has 1 aliphatic rings. The molecule has 3 aromatic rings. The quantitative estimate of drug-likeness (QED) is 0.299. The predicted octanol–water partition coefficient (Wildman–Crippen LogP) is 6.06. The van der Waals surface area contributed by atoms with Gasteiger partial charge in [-0.2, -0.15) is 0 Å². The first-order valence-corrected chi connectivity index (χ1v) is 13.1. The highest BCUT2D eigenvalue weighted by atomic mass is 32.2. The molecule has 0 saturated carbocycles. The molecule has 188 valence electrons. The second kappa shape index (κ2) is 12.3. The Hall–Kier alpha value is -3.71. The lowest BCUT2D eigenvalue weighted by Crippen LogP contribution is -2.21. The first kappa shape index (κ1) is 26.9. The third-order valence-corrected chi connectivity index (χ3v) is 6.92. The van der Waals surface area contributed by atoms with Crippen LogP contribution in [-0.2, 0) is 27.2 Å². The van der Waals surface area contributed by atoms with Crippen LogP contribution in [0.2, 0.25) is 0 Å². The zero-order valence-electron chi connectivity index (χ0n) is 21.3. The first-order valence-electron chi connectivity index (χ1n) is 12.0. The number of fused-ring (bicyclic) bond motifs is 1. The van der Waals surface area contributed by atoms with Crippen LogP contribution in [0.25, 0.3) is 16.5 Å². The number of hydrogen-bond acceptors (Lipinski definition) is 4. The van der Waals surface area contributed by atoms with Gasteiger partial charge in [-0.3, -0.25) is 18.9 Å². The van der Waals surface area contributed by atoms with Gasteiger partial charge in [-0.15, -0.1) is 0 Å². The van der Waals surface area contributed by atoms with Crippen LogP contribution in [0.1, 0.15) is 52.2 Å². The molecule has 4 rings (SSSR count). The van der Waals surface area contributed by atoms with E-state index in [4.69, 9.17) is 4.74 Å². The maximum Gasteiger partial charge on any atom is 0.258 e. The minimum Gasteiger partial charge on any atom is -0.489 e. The maximum atomic E-state index is 13.5. The van der Waals surface area contributed by atoms with E-state index < -0.39 is 22.8 Å². The Morgan fingerprint density at radius 3 is 2.39 bits per heavy atom. The molecule has 2 aromatic carbocycles. The average Bonchev–Trinajstić information content (AvgIpc) is 3.43. The van der Waals surface area contributed by atoms with Crippen LogP contribution in [0.5, 0.6) is 5.75 Å². The SMILES string of the molecule is CC.CC/C(=C\C=C(C)C)S(=O)n1cc(C2=CC(=O)NC2=O)c2cc(OCc3ccccc3)ccc21. The van der Waals surface area contributed by atoms with Crippen LogP contribution in [-0.4, -0.2) is 20.0 Å². The Morgan fingerprint density at radius 1 is 1.06 bits per heavy atom. The van der Waals surface area contributed by atoms with Crippen LogP contribution in [0.15, 0.2) is 83.4 Å². The van der Waals surface area contributed by atoms with Crippen molar-refractivity contribution in [1.29, 1.82) is 0 Å². The van der Waals surface area contributed by atoms with E-state index in [2.05, 4.69) is 5.32 Å². The number of amides is 2. The molecule has 6 nitrogen and oxygen atoms in total. The van der Waals surface area contributed by atoms with Gasteiger partial charge in [0, 0.05) is 28.1 Å². The van der Waals surface area contributed by atoms with Gasteiger partial charge >= 0.3 is 0 Å². The lowest BCUT2D eigenvalue weighted by Gasteiger charge is -2.09. The lowest BCUT2D eigenvalue weighted by atomic mass is 10.1. The number of benzene rings is 2. The zero-order chi connectivity index (χ0) is 26.2. The highest BCUT2D eigenvalue weighted by Crippen LogP contribution is 2.33. The van der Waals surface area contributed by atoms with Gasteiger partial charge in [-0.1, -0.05) is 62.8 Å². The summed E-state index contributed by atoms with van der Waals surface area (Å²) < 4.78 is 21.2. The third kappa shape index (κ3) is 6.10. The van der Waals surface area contributed by atoms with Gasteiger partial charge in [0.1, 0.15) is 12.4 Å². The minimum absolute atomic E-state index is 0.247. The molecular weight excluding hydrogens is 472 g/mol. The number of hydrogen-bond donors (Lipinski definition) is 1. The molecule has 0 radical (unpaired) electrons. The molecular formula is C29H32N2O4S. The summed E-state index contributed by atoms with van der Waals surface area (Å²) in [6.07, 6.45) is 7.37. The van der Waals surface area contributed by atoms with Crippen LogP contribution in [0, 0.1) is 0 Å². The molecule has 7 heteroatoms. The number of carbonyl (C=O) groups is 2. The van der Waals surface area contributed by atoms with Crippen molar-refractivity contribution >= 4 is 39.3 Å². The fourth-order valence-corrected chi connectivity index (χ4v) is 4.88. The number of nitrogens with one attached hydrogen (secondary N) is 1. The average molecular weight is 505 g/mol. The van der Waals surface area contributed by atoms with Gasteiger partial charge in [-0.25, -0.2) is 4.21 Å². The van der Waals surface area contributed by atoms with E-state index in [9.17, 15) is 13.8 Å². The Balaban J connectivity index is 0.00000176. The van der Waals surface area contributed by atoms with Gasteiger partial charge in [-0.05, 0) is 50.1 Å². The summed E-state index contributed by atoms with van der Waals surface area (Å²) in [6.45, 7) is 10.3. The summed E-state index contributed by atoms with van der Waals surface area (Å²) in [4.78, 5) is 25.0. The van der Waals surface area contributed by atoms with E-state index in [1.807, 2.05) is 95.3 Å². The molecule has 1 aliphatic heterocycles. The normalized spacial score (nSPS) is 14.0. The molecule has 1 aromatic heterocycles. The van der Waals surface area contributed by atoms with Crippen LogP contribution >= 0.6 is 0 Å². The fraction of sp³-hybridized carbons (Fsp3) is 0.241. The Kier molecular flexibility index (Phi) is 9.19. The standard InChI is InChI=1S/C27H26N2O4S.C2H6/c1-4-21(12-10-18(2)3)34(32)29-16-24(23-15-26(30)28-27(23)31)22-14-20(11-13-25(22)29)33-17-19-8-6-5-7-9-19;1-2/h5-16H,4,17H2,1-3H3,(H,28,30,31);1-2H3/b21-12+;. The summed E-state index contributed by atoms with van der Waals surface area (Å²) in [5, 5.41) is 2.98. The number of imide groups is 1. The van der Waals surface area contributed by atoms with Gasteiger partial charge in [0.15, 0.2) is 11.0 Å². The molecule has 0 spiro atoms. The van der Waals surface area contributed by atoms with Crippen molar-refractivity contribution in [2.75, 3.05) is 0 Å². The van der Waals surface area contributed by atoms with Crippen molar-refractivity contribution < 1.29 is 18.5 Å². The molecule has 0 saturated heterocycles. The Labute approximate surface area is 214 Å². The monoisotopic (exact) mass is 504 g/mol. The number of nitrogens with zero attached hydrogens (tertiary/aromatic N) is 1. The largest absolute Gasteiger partial charge is 0.489 e. The lowest BCUT2D eigenvalue weighted by molar-refractivity contribution is -0.123. The highest BCUT2D eigenvalue weighted by molar-refractivity contribution is 7.87. The summed E-state index contributed by atoms with van der Waals surface area (Å²) in [6, 6.07) is 15.3. The van der Waals surface area contributed by atoms with Crippen molar-refractivity contribution in [2.24, 2.45) is 0 Å². The second-order valence-electron chi connectivity index (χ2n) is 8.18. The van der Waals surface area contributed by atoms with E-state index in [1.165, 1.54) is 6.08 Å². The Morgan fingerprint density at radius 2 is 1.78 bits per heavy atom. The van der Waals surface area contributed by atoms with E-state index in [-0.39, 0.29) is 5.57 Å². The van der Waals surface area contributed by atoms with E-state index in [1.54, 1.807) is 10.2 Å². The smallest absolute Gasteiger partial charge is 0.258 e. The van der Waals surface area contributed by atoms with Crippen LogP contribution < -0.4 is 10.1 Å². The number of carbonyl (C=O) groups excluding carboxylic acids is 2. The first-order chi connectivity index (χ1) is 17.4. The molecule has 1 N–H and O–H groups in total. The van der Waals surface area contributed by atoms with Gasteiger partial charge in [0.2, 0.25) is 0 Å². The topological polar surface area (TPSA) is 77.4 Å². The molecule has 0 fully saturated rings. The van der Waals surface area contributed by atoms with Crippen molar-refractivity contribution in [3.05, 3.63) is 94.6 Å². The van der Waals surface area contributed by atoms with Gasteiger partial charge < -0.3 is 4.74 Å².